The Kier molecular flexibility index (Phi) is 5.59. The summed E-state index contributed by atoms with van der Waals surface area (Å²) in [6.07, 6.45) is 2.39. The van der Waals surface area contributed by atoms with E-state index in [1.54, 1.807) is 34.1 Å². The van der Waals surface area contributed by atoms with Gasteiger partial charge in [-0.05, 0) is 36.8 Å². The van der Waals surface area contributed by atoms with Gasteiger partial charge in [0.05, 0.1) is 11.3 Å². The van der Waals surface area contributed by atoms with Crippen molar-refractivity contribution in [3.8, 4) is 0 Å². The number of rotatable bonds is 4. The number of esters is 1. The van der Waals surface area contributed by atoms with Gasteiger partial charge in [0.1, 0.15) is 0 Å². The molecule has 2 fully saturated rings. The van der Waals surface area contributed by atoms with Gasteiger partial charge in [-0.1, -0.05) is 26.0 Å². The van der Waals surface area contributed by atoms with Crippen molar-refractivity contribution in [2.75, 3.05) is 31.1 Å². The number of ether oxygens (including phenoxy) is 1. The van der Waals surface area contributed by atoms with E-state index in [-0.39, 0.29) is 18.4 Å². The predicted octanol–water partition coefficient (Wildman–Crippen LogP) is 2.47. The molecule has 6 heteroatoms. The van der Waals surface area contributed by atoms with E-state index >= 15 is 0 Å². The zero-order chi connectivity index (χ0) is 18.7. The number of benzene rings is 1. The number of nitrogens with zero attached hydrogens (tertiary/aromatic N) is 2. The second kappa shape index (κ2) is 7.89. The third kappa shape index (κ3) is 4.06. The first-order chi connectivity index (χ1) is 12.5. The third-order valence-electron chi connectivity index (χ3n) is 5.04. The fourth-order valence-corrected chi connectivity index (χ4v) is 3.95. The fraction of sp³-hybridized carbons (Fsp3) is 0.550. The maximum Gasteiger partial charge on any atom is 0.340 e. The number of anilines is 1. The molecule has 2 heterocycles. The molecule has 3 rings (SSSR count). The normalized spacial score (nSPS) is 23.2. The first kappa shape index (κ1) is 18.4. The smallest absolute Gasteiger partial charge is 0.340 e. The quantitative estimate of drug-likeness (QED) is 0.776. The standard InChI is InChI=1S/C20H26N2O4/c1-14-10-15(2)12-21(11-14)19(24)13-26-20(25)16-6-3-4-7-17(16)22-9-5-8-18(22)23/h3-4,6-7,14-15H,5,8-13H2,1-2H3/t14-,15-/m0/s1. The summed E-state index contributed by atoms with van der Waals surface area (Å²) >= 11 is 0. The highest BCUT2D eigenvalue weighted by Crippen LogP contribution is 2.26. The second-order valence-corrected chi connectivity index (χ2v) is 7.49. The molecule has 0 unspecified atom stereocenters. The summed E-state index contributed by atoms with van der Waals surface area (Å²) in [6, 6.07) is 6.91. The molecule has 6 nitrogen and oxygen atoms in total. The minimum atomic E-state index is -0.563. The molecule has 2 atom stereocenters. The van der Waals surface area contributed by atoms with Gasteiger partial charge in [0.15, 0.2) is 6.61 Å². The van der Waals surface area contributed by atoms with Crippen LogP contribution in [0.4, 0.5) is 5.69 Å². The number of amides is 2. The highest BCUT2D eigenvalue weighted by Gasteiger charge is 2.28. The molecule has 0 aliphatic carbocycles. The van der Waals surface area contributed by atoms with Crippen molar-refractivity contribution in [3.63, 3.8) is 0 Å². The first-order valence-corrected chi connectivity index (χ1v) is 9.30. The summed E-state index contributed by atoms with van der Waals surface area (Å²) in [5.41, 5.74) is 0.892. The van der Waals surface area contributed by atoms with Gasteiger partial charge in [0.2, 0.25) is 5.91 Å². The van der Waals surface area contributed by atoms with Crippen LogP contribution in [0.25, 0.3) is 0 Å². The molecule has 0 saturated carbocycles. The first-order valence-electron chi connectivity index (χ1n) is 9.30. The van der Waals surface area contributed by atoms with Crippen LogP contribution in [0.1, 0.15) is 43.5 Å². The van der Waals surface area contributed by atoms with Crippen molar-refractivity contribution >= 4 is 23.5 Å². The Labute approximate surface area is 154 Å². The zero-order valence-electron chi connectivity index (χ0n) is 15.4. The molecular weight excluding hydrogens is 332 g/mol. The van der Waals surface area contributed by atoms with Crippen LogP contribution in [-0.2, 0) is 14.3 Å². The van der Waals surface area contributed by atoms with Crippen LogP contribution in [0.3, 0.4) is 0 Å². The van der Waals surface area contributed by atoms with Gasteiger partial charge >= 0.3 is 5.97 Å². The van der Waals surface area contributed by atoms with Crippen molar-refractivity contribution < 1.29 is 19.1 Å². The van der Waals surface area contributed by atoms with Gasteiger partial charge in [-0.3, -0.25) is 9.59 Å². The number of carbonyl (C=O) groups is 3. The summed E-state index contributed by atoms with van der Waals surface area (Å²) in [4.78, 5) is 40.3. The average molecular weight is 358 g/mol. The van der Waals surface area contributed by atoms with Crippen LogP contribution in [0.5, 0.6) is 0 Å². The summed E-state index contributed by atoms with van der Waals surface area (Å²) in [5.74, 6) is 0.205. The fourth-order valence-electron chi connectivity index (χ4n) is 3.95. The molecule has 140 valence electrons. The lowest BCUT2D eigenvalue weighted by Crippen LogP contribution is -2.44. The van der Waals surface area contributed by atoms with Crippen molar-refractivity contribution in [1.82, 2.24) is 4.90 Å². The monoisotopic (exact) mass is 358 g/mol. The Morgan fingerprint density at radius 1 is 1.15 bits per heavy atom. The molecule has 26 heavy (non-hydrogen) atoms. The van der Waals surface area contributed by atoms with E-state index < -0.39 is 5.97 Å². The Bertz CT molecular complexity index is 693. The van der Waals surface area contributed by atoms with Crippen LogP contribution >= 0.6 is 0 Å². The molecule has 2 saturated heterocycles. The van der Waals surface area contributed by atoms with Gasteiger partial charge in [0.25, 0.3) is 5.91 Å². The van der Waals surface area contributed by atoms with E-state index in [1.165, 1.54) is 0 Å². The van der Waals surface area contributed by atoms with Gasteiger partial charge in [-0.2, -0.15) is 0 Å². The highest BCUT2D eigenvalue weighted by molar-refractivity contribution is 6.03. The number of para-hydroxylation sites is 1. The van der Waals surface area contributed by atoms with Crippen molar-refractivity contribution in [3.05, 3.63) is 29.8 Å². The molecule has 1 aromatic rings. The second-order valence-electron chi connectivity index (χ2n) is 7.49. The van der Waals surface area contributed by atoms with Crippen molar-refractivity contribution in [1.29, 1.82) is 0 Å². The van der Waals surface area contributed by atoms with Crippen LogP contribution in [-0.4, -0.2) is 48.9 Å². The third-order valence-corrected chi connectivity index (χ3v) is 5.04. The average Bonchev–Trinajstić information content (AvgIpc) is 3.04. The Hall–Kier alpha value is -2.37. The predicted molar refractivity (Wildman–Crippen MR) is 97.8 cm³/mol. The summed E-state index contributed by atoms with van der Waals surface area (Å²) < 4.78 is 5.28. The lowest BCUT2D eigenvalue weighted by molar-refractivity contribution is -0.137. The van der Waals surface area contributed by atoms with Gasteiger partial charge in [-0.15, -0.1) is 0 Å². The van der Waals surface area contributed by atoms with E-state index in [4.69, 9.17) is 4.74 Å². The van der Waals surface area contributed by atoms with E-state index in [2.05, 4.69) is 13.8 Å². The van der Waals surface area contributed by atoms with Crippen LogP contribution < -0.4 is 4.90 Å². The van der Waals surface area contributed by atoms with E-state index in [1.807, 2.05) is 0 Å². The zero-order valence-corrected chi connectivity index (χ0v) is 15.4. The number of carbonyl (C=O) groups excluding carboxylic acids is 3. The van der Waals surface area contributed by atoms with Gasteiger partial charge in [-0.25, -0.2) is 4.79 Å². The highest BCUT2D eigenvalue weighted by atomic mass is 16.5. The molecule has 2 aliphatic rings. The van der Waals surface area contributed by atoms with Crippen molar-refractivity contribution in [2.24, 2.45) is 11.8 Å². The van der Waals surface area contributed by atoms with Crippen LogP contribution in [0, 0.1) is 11.8 Å². The molecular formula is C20H26N2O4. The molecule has 1 aromatic carbocycles. The molecule has 0 bridgehead atoms. The van der Waals surface area contributed by atoms with Crippen LogP contribution in [0.2, 0.25) is 0 Å². The van der Waals surface area contributed by atoms with Gasteiger partial charge < -0.3 is 14.5 Å². The molecule has 2 aliphatic heterocycles. The van der Waals surface area contributed by atoms with E-state index in [0.717, 1.165) is 12.8 Å². The number of likely N-dealkylation sites (tertiary alicyclic amines) is 1. The Morgan fingerprint density at radius 2 is 1.85 bits per heavy atom. The maximum atomic E-state index is 12.5. The Balaban J connectivity index is 1.64. The SMILES string of the molecule is C[C@H]1C[C@H](C)CN(C(=O)COC(=O)c2ccccc2N2CCCC2=O)C1. The lowest BCUT2D eigenvalue weighted by Gasteiger charge is -2.34. The van der Waals surface area contributed by atoms with E-state index in [0.29, 0.717) is 49.1 Å². The number of piperidine rings is 1. The molecule has 0 radical (unpaired) electrons. The van der Waals surface area contributed by atoms with Crippen molar-refractivity contribution in [2.45, 2.75) is 33.1 Å². The maximum absolute atomic E-state index is 12.5. The molecule has 0 N–H and O–H groups in total. The topological polar surface area (TPSA) is 66.9 Å². The summed E-state index contributed by atoms with van der Waals surface area (Å²) in [5, 5.41) is 0. The van der Waals surface area contributed by atoms with E-state index in [9.17, 15) is 14.4 Å². The lowest BCUT2D eigenvalue weighted by atomic mass is 9.92. The molecule has 2 amide bonds. The minimum Gasteiger partial charge on any atom is -0.452 e. The Morgan fingerprint density at radius 3 is 2.50 bits per heavy atom. The minimum absolute atomic E-state index is 0.0117. The summed E-state index contributed by atoms with van der Waals surface area (Å²) in [7, 11) is 0. The number of hydrogen-bond donors (Lipinski definition) is 0. The molecule has 0 aromatic heterocycles. The largest absolute Gasteiger partial charge is 0.452 e. The summed E-state index contributed by atoms with van der Waals surface area (Å²) in [6.45, 7) is 6.02. The van der Waals surface area contributed by atoms with Crippen LogP contribution in [0.15, 0.2) is 24.3 Å². The van der Waals surface area contributed by atoms with Gasteiger partial charge in [0, 0.05) is 26.1 Å². The molecule has 0 spiro atoms. The number of hydrogen-bond acceptors (Lipinski definition) is 4.